The van der Waals surface area contributed by atoms with E-state index in [0.717, 1.165) is 0 Å². The Bertz CT molecular complexity index is 258. The summed E-state index contributed by atoms with van der Waals surface area (Å²) < 4.78 is 0. The molecule has 1 atom stereocenters. The highest BCUT2D eigenvalue weighted by Crippen LogP contribution is 2.35. The summed E-state index contributed by atoms with van der Waals surface area (Å²) in [6, 6.07) is 0.683. The van der Waals surface area contributed by atoms with Crippen molar-refractivity contribution in [3.63, 3.8) is 0 Å². The summed E-state index contributed by atoms with van der Waals surface area (Å²) in [5.74, 6) is 0. The van der Waals surface area contributed by atoms with E-state index in [9.17, 15) is 0 Å². The molecule has 2 aliphatic rings. The van der Waals surface area contributed by atoms with Gasteiger partial charge in [-0.1, -0.05) is 58.3 Å². The second-order valence-electron chi connectivity index (χ2n) is 7.28. The number of nitrogens with zero attached hydrogens (tertiary/aromatic N) is 1. The summed E-state index contributed by atoms with van der Waals surface area (Å²) in [5, 5.41) is 3.75. The van der Waals surface area contributed by atoms with Crippen molar-refractivity contribution < 1.29 is 0 Å². The second-order valence-corrected chi connectivity index (χ2v) is 7.28. The molecule has 0 aromatic carbocycles. The number of rotatable bonds is 7. The molecule has 0 bridgehead atoms. The van der Waals surface area contributed by atoms with Gasteiger partial charge in [-0.2, -0.15) is 0 Å². The Morgan fingerprint density at radius 2 is 1.70 bits per heavy atom. The van der Waals surface area contributed by atoms with E-state index in [0.29, 0.717) is 11.6 Å². The third-order valence-electron chi connectivity index (χ3n) is 5.51. The quantitative estimate of drug-likeness (QED) is 0.698. The van der Waals surface area contributed by atoms with Crippen LogP contribution in [0, 0.1) is 0 Å². The molecule has 2 rings (SSSR count). The van der Waals surface area contributed by atoms with Crippen molar-refractivity contribution in [3.8, 4) is 0 Å². The zero-order chi connectivity index (χ0) is 14.3. The molecule has 2 fully saturated rings. The van der Waals surface area contributed by atoms with Crippen molar-refractivity contribution in [1.29, 1.82) is 0 Å². The molecular formula is C18H36N2. The zero-order valence-electron chi connectivity index (χ0n) is 13.9. The lowest BCUT2D eigenvalue weighted by Gasteiger charge is -2.52. The van der Waals surface area contributed by atoms with Gasteiger partial charge in [-0.15, -0.1) is 0 Å². The smallest absolute Gasteiger partial charge is 0.0334 e. The molecule has 0 amide bonds. The summed E-state index contributed by atoms with van der Waals surface area (Å²) in [5.41, 5.74) is 0.522. The maximum atomic E-state index is 3.75. The van der Waals surface area contributed by atoms with Crippen LogP contribution in [-0.4, -0.2) is 36.1 Å². The average Bonchev–Trinajstić information content (AvgIpc) is 2.47. The van der Waals surface area contributed by atoms with E-state index in [2.05, 4.69) is 24.1 Å². The van der Waals surface area contributed by atoms with Gasteiger partial charge in [-0.05, 0) is 32.7 Å². The maximum Gasteiger partial charge on any atom is 0.0334 e. The summed E-state index contributed by atoms with van der Waals surface area (Å²) >= 11 is 0. The van der Waals surface area contributed by atoms with Gasteiger partial charge >= 0.3 is 0 Å². The largest absolute Gasteiger partial charge is 0.311 e. The molecule has 1 unspecified atom stereocenters. The molecule has 0 radical (unpaired) electrons. The molecule has 1 spiro atoms. The van der Waals surface area contributed by atoms with Gasteiger partial charge in [0.1, 0.15) is 0 Å². The van der Waals surface area contributed by atoms with Gasteiger partial charge in [0, 0.05) is 24.7 Å². The molecule has 1 heterocycles. The Balaban J connectivity index is 1.76. The number of hydrogen-bond donors (Lipinski definition) is 1. The minimum absolute atomic E-state index is 0.522. The standard InChI is InChI=1S/C18H36N2/c1-3-4-5-6-7-11-14-20-15-17(2)19-16-18(20)12-9-8-10-13-18/h17,19H,3-16H2,1-2H3. The SMILES string of the molecule is CCCCCCCCN1CC(C)NCC12CCCCC2. The first-order valence-corrected chi connectivity index (χ1v) is 9.25. The first-order valence-electron chi connectivity index (χ1n) is 9.25. The van der Waals surface area contributed by atoms with Crippen LogP contribution >= 0.6 is 0 Å². The molecule has 1 N–H and O–H groups in total. The highest BCUT2D eigenvalue weighted by molar-refractivity contribution is 4.99. The van der Waals surface area contributed by atoms with Gasteiger partial charge in [0.2, 0.25) is 0 Å². The molecule has 20 heavy (non-hydrogen) atoms. The van der Waals surface area contributed by atoms with Gasteiger partial charge in [0.15, 0.2) is 0 Å². The molecule has 1 saturated carbocycles. The van der Waals surface area contributed by atoms with Crippen LogP contribution in [0.3, 0.4) is 0 Å². The van der Waals surface area contributed by atoms with Gasteiger partial charge in [0.05, 0.1) is 0 Å². The minimum atomic E-state index is 0.522. The number of unbranched alkanes of at least 4 members (excludes halogenated alkanes) is 5. The summed E-state index contributed by atoms with van der Waals surface area (Å²) in [4.78, 5) is 2.87. The molecule has 0 aromatic heterocycles. The van der Waals surface area contributed by atoms with E-state index in [-0.39, 0.29) is 0 Å². The lowest BCUT2D eigenvalue weighted by Crippen LogP contribution is -2.64. The van der Waals surface area contributed by atoms with Crippen LogP contribution in [0.25, 0.3) is 0 Å². The average molecular weight is 281 g/mol. The molecule has 118 valence electrons. The van der Waals surface area contributed by atoms with Crippen molar-refractivity contribution >= 4 is 0 Å². The lowest BCUT2D eigenvalue weighted by atomic mass is 9.78. The fraction of sp³-hybridized carbons (Fsp3) is 1.00. The minimum Gasteiger partial charge on any atom is -0.311 e. The van der Waals surface area contributed by atoms with Gasteiger partial charge in [-0.3, -0.25) is 4.90 Å². The van der Waals surface area contributed by atoms with Crippen LogP contribution in [0.4, 0.5) is 0 Å². The van der Waals surface area contributed by atoms with Crippen molar-refractivity contribution in [2.75, 3.05) is 19.6 Å². The molecular weight excluding hydrogens is 244 g/mol. The van der Waals surface area contributed by atoms with Crippen molar-refractivity contribution in [1.82, 2.24) is 10.2 Å². The molecule has 2 nitrogen and oxygen atoms in total. The van der Waals surface area contributed by atoms with Crippen LogP contribution < -0.4 is 5.32 Å². The third kappa shape index (κ3) is 4.46. The van der Waals surface area contributed by atoms with Gasteiger partial charge in [-0.25, -0.2) is 0 Å². The fourth-order valence-corrected chi connectivity index (χ4v) is 4.18. The van der Waals surface area contributed by atoms with Crippen molar-refractivity contribution in [2.45, 2.75) is 96.1 Å². The first kappa shape index (κ1) is 16.3. The monoisotopic (exact) mass is 280 g/mol. The topological polar surface area (TPSA) is 15.3 Å². The van der Waals surface area contributed by atoms with Crippen molar-refractivity contribution in [2.24, 2.45) is 0 Å². The van der Waals surface area contributed by atoms with E-state index in [1.54, 1.807) is 0 Å². The van der Waals surface area contributed by atoms with Gasteiger partial charge in [0.25, 0.3) is 0 Å². The molecule has 1 aliphatic heterocycles. The number of nitrogens with one attached hydrogen (secondary N) is 1. The Hall–Kier alpha value is -0.0800. The van der Waals surface area contributed by atoms with Gasteiger partial charge < -0.3 is 5.32 Å². The third-order valence-corrected chi connectivity index (χ3v) is 5.51. The predicted octanol–water partition coefficient (Wildman–Crippen LogP) is 4.34. The lowest BCUT2D eigenvalue weighted by molar-refractivity contribution is 0.0116. The van der Waals surface area contributed by atoms with Crippen LogP contribution in [0.15, 0.2) is 0 Å². The second kappa shape index (κ2) is 8.38. The predicted molar refractivity (Wildman–Crippen MR) is 88.2 cm³/mol. The van der Waals surface area contributed by atoms with Crippen LogP contribution in [0.1, 0.15) is 84.5 Å². The van der Waals surface area contributed by atoms with E-state index < -0.39 is 0 Å². The van der Waals surface area contributed by atoms with E-state index in [1.807, 2.05) is 0 Å². The molecule has 0 aromatic rings. The zero-order valence-corrected chi connectivity index (χ0v) is 13.9. The van der Waals surface area contributed by atoms with Crippen LogP contribution in [-0.2, 0) is 0 Å². The number of piperazine rings is 1. The summed E-state index contributed by atoms with van der Waals surface area (Å²) in [7, 11) is 0. The highest BCUT2D eigenvalue weighted by Gasteiger charge is 2.40. The van der Waals surface area contributed by atoms with Crippen molar-refractivity contribution in [3.05, 3.63) is 0 Å². The normalized spacial score (nSPS) is 27.0. The summed E-state index contributed by atoms with van der Waals surface area (Å²) in [6.07, 6.45) is 15.8. The Morgan fingerprint density at radius 3 is 2.45 bits per heavy atom. The Labute approximate surface area is 126 Å². The Morgan fingerprint density at radius 1 is 1.00 bits per heavy atom. The maximum absolute atomic E-state index is 3.75. The molecule has 2 heteroatoms. The van der Waals surface area contributed by atoms with E-state index in [4.69, 9.17) is 0 Å². The van der Waals surface area contributed by atoms with Crippen LogP contribution in [0.5, 0.6) is 0 Å². The van der Waals surface area contributed by atoms with Crippen LogP contribution in [0.2, 0.25) is 0 Å². The van der Waals surface area contributed by atoms with E-state index >= 15 is 0 Å². The summed E-state index contributed by atoms with van der Waals surface area (Å²) in [6.45, 7) is 8.51. The van der Waals surface area contributed by atoms with E-state index in [1.165, 1.54) is 90.3 Å². The first-order chi connectivity index (χ1) is 9.77. The molecule has 1 saturated heterocycles. The fourth-order valence-electron chi connectivity index (χ4n) is 4.18. The molecule has 1 aliphatic carbocycles. The number of hydrogen-bond acceptors (Lipinski definition) is 2. The Kier molecular flexibility index (Phi) is 6.83. The highest BCUT2D eigenvalue weighted by atomic mass is 15.3.